The van der Waals surface area contributed by atoms with Gasteiger partial charge in [0.05, 0.1) is 6.07 Å². The molecule has 1 heterocycles. The molecule has 1 aliphatic heterocycles. The van der Waals surface area contributed by atoms with Crippen molar-refractivity contribution in [3.8, 4) is 6.07 Å². The Balaban J connectivity index is 2.14. The molecule has 1 atom stereocenters. The van der Waals surface area contributed by atoms with Crippen LogP contribution < -0.4 is 5.32 Å². The lowest BCUT2D eigenvalue weighted by Gasteiger charge is -2.37. The maximum absolute atomic E-state index is 9.41. The first-order valence-electron chi connectivity index (χ1n) is 5.77. The molecular formula is C13H16ClN3. The first-order valence-corrected chi connectivity index (χ1v) is 6.15. The highest BCUT2D eigenvalue weighted by molar-refractivity contribution is 6.30. The van der Waals surface area contributed by atoms with Crippen LogP contribution in [-0.4, -0.2) is 30.6 Å². The first kappa shape index (κ1) is 12.2. The van der Waals surface area contributed by atoms with E-state index in [9.17, 15) is 5.26 Å². The summed E-state index contributed by atoms with van der Waals surface area (Å²) in [6.07, 6.45) is 1.93. The highest BCUT2D eigenvalue weighted by Crippen LogP contribution is 2.25. The summed E-state index contributed by atoms with van der Waals surface area (Å²) in [6.45, 7) is 1.82. The quantitative estimate of drug-likeness (QED) is 0.876. The van der Waals surface area contributed by atoms with Crippen molar-refractivity contribution >= 4 is 17.3 Å². The van der Waals surface area contributed by atoms with Crippen molar-refractivity contribution in [1.82, 2.24) is 4.90 Å². The van der Waals surface area contributed by atoms with Crippen LogP contribution in [0.3, 0.4) is 0 Å². The molecule has 0 aromatic heterocycles. The summed E-state index contributed by atoms with van der Waals surface area (Å²) in [7, 11) is 2.05. The average Bonchev–Trinajstić information content (AvgIpc) is 2.32. The fourth-order valence-corrected chi connectivity index (χ4v) is 2.43. The van der Waals surface area contributed by atoms with E-state index in [1.54, 1.807) is 0 Å². The minimum atomic E-state index is -0.471. The topological polar surface area (TPSA) is 39.1 Å². The van der Waals surface area contributed by atoms with Gasteiger partial charge in [0.15, 0.2) is 0 Å². The number of likely N-dealkylation sites (tertiary alicyclic amines) is 1. The first-order chi connectivity index (χ1) is 8.13. The van der Waals surface area contributed by atoms with Gasteiger partial charge in [0, 0.05) is 17.3 Å². The van der Waals surface area contributed by atoms with Crippen molar-refractivity contribution in [2.45, 2.75) is 18.4 Å². The largest absolute Gasteiger partial charge is 0.366 e. The van der Waals surface area contributed by atoms with E-state index in [2.05, 4.69) is 23.3 Å². The number of nitrogens with zero attached hydrogens (tertiary/aromatic N) is 2. The lowest BCUT2D eigenvalue weighted by atomic mass is 9.90. The predicted octanol–water partition coefficient (Wildman–Crippen LogP) is 2.74. The molecule has 1 aromatic carbocycles. The van der Waals surface area contributed by atoms with Gasteiger partial charge in [0.2, 0.25) is 0 Å². The van der Waals surface area contributed by atoms with Gasteiger partial charge in [-0.1, -0.05) is 11.6 Å². The number of nitriles is 1. The minimum Gasteiger partial charge on any atom is -0.366 e. The molecule has 90 valence electrons. The van der Waals surface area contributed by atoms with Gasteiger partial charge in [-0.05, 0) is 50.7 Å². The zero-order chi connectivity index (χ0) is 12.3. The second-order valence-electron chi connectivity index (χ2n) is 4.67. The molecule has 17 heavy (non-hydrogen) atoms. The predicted molar refractivity (Wildman–Crippen MR) is 70.1 cm³/mol. The summed E-state index contributed by atoms with van der Waals surface area (Å²) in [5.74, 6) is 0. The van der Waals surface area contributed by atoms with Crippen LogP contribution in [0, 0.1) is 11.3 Å². The highest BCUT2D eigenvalue weighted by Gasteiger charge is 2.34. The van der Waals surface area contributed by atoms with E-state index in [0.717, 1.165) is 31.6 Å². The zero-order valence-electron chi connectivity index (χ0n) is 9.91. The third-order valence-corrected chi connectivity index (χ3v) is 3.38. The van der Waals surface area contributed by atoms with Crippen molar-refractivity contribution in [3.63, 3.8) is 0 Å². The number of halogens is 1. The summed E-state index contributed by atoms with van der Waals surface area (Å²) >= 11 is 5.85. The van der Waals surface area contributed by atoms with Gasteiger partial charge in [-0.25, -0.2) is 0 Å². The Bertz CT molecular complexity index is 423. The molecule has 2 rings (SSSR count). The number of anilines is 1. The van der Waals surface area contributed by atoms with Crippen LogP contribution >= 0.6 is 11.6 Å². The third-order valence-electron chi connectivity index (χ3n) is 3.13. The lowest BCUT2D eigenvalue weighted by Crippen LogP contribution is -2.50. The maximum atomic E-state index is 9.41. The van der Waals surface area contributed by atoms with Crippen LogP contribution in [0.25, 0.3) is 0 Å². The Kier molecular flexibility index (Phi) is 3.56. The summed E-state index contributed by atoms with van der Waals surface area (Å²) < 4.78 is 0. The summed E-state index contributed by atoms with van der Waals surface area (Å²) in [5.41, 5.74) is 0.479. The molecule has 0 amide bonds. The van der Waals surface area contributed by atoms with Gasteiger partial charge in [-0.3, -0.25) is 0 Å². The Hall–Kier alpha value is -1.24. The van der Waals surface area contributed by atoms with Crippen LogP contribution in [0.4, 0.5) is 5.69 Å². The van der Waals surface area contributed by atoms with Crippen molar-refractivity contribution in [2.75, 3.05) is 25.5 Å². The van der Waals surface area contributed by atoms with Gasteiger partial charge in [-0.2, -0.15) is 5.26 Å². The number of hydrogen-bond acceptors (Lipinski definition) is 3. The summed E-state index contributed by atoms with van der Waals surface area (Å²) in [6, 6.07) is 9.92. The molecule has 3 nitrogen and oxygen atoms in total. The van der Waals surface area contributed by atoms with Gasteiger partial charge in [-0.15, -0.1) is 0 Å². The Labute approximate surface area is 107 Å². The Morgan fingerprint density at radius 1 is 1.41 bits per heavy atom. The van der Waals surface area contributed by atoms with Gasteiger partial charge >= 0.3 is 0 Å². The van der Waals surface area contributed by atoms with Crippen LogP contribution in [-0.2, 0) is 0 Å². The van der Waals surface area contributed by atoms with E-state index >= 15 is 0 Å². The van der Waals surface area contributed by atoms with Crippen LogP contribution in [0.1, 0.15) is 12.8 Å². The van der Waals surface area contributed by atoms with E-state index in [0.29, 0.717) is 5.02 Å². The van der Waals surface area contributed by atoms with Crippen molar-refractivity contribution in [2.24, 2.45) is 0 Å². The molecule has 0 saturated carbocycles. The molecule has 1 aromatic rings. The number of hydrogen-bond donors (Lipinski definition) is 1. The maximum Gasteiger partial charge on any atom is 0.138 e. The Morgan fingerprint density at radius 3 is 2.71 bits per heavy atom. The SMILES string of the molecule is CN1CCCC(C#N)(Nc2ccc(Cl)cc2)C1. The molecule has 4 heteroatoms. The lowest BCUT2D eigenvalue weighted by molar-refractivity contribution is 0.227. The van der Waals surface area contributed by atoms with Gasteiger partial charge < -0.3 is 10.2 Å². The van der Waals surface area contributed by atoms with Crippen LogP contribution in [0.2, 0.25) is 5.02 Å². The molecule has 1 aliphatic rings. The van der Waals surface area contributed by atoms with Gasteiger partial charge in [0.1, 0.15) is 5.54 Å². The summed E-state index contributed by atoms with van der Waals surface area (Å²) in [4.78, 5) is 2.19. The number of likely N-dealkylation sites (N-methyl/N-ethyl adjacent to an activating group) is 1. The molecule has 0 bridgehead atoms. The average molecular weight is 250 g/mol. The third kappa shape index (κ3) is 2.91. The second-order valence-corrected chi connectivity index (χ2v) is 5.10. The molecular weight excluding hydrogens is 234 g/mol. The normalized spacial score (nSPS) is 25.2. The number of benzene rings is 1. The van der Waals surface area contributed by atoms with Crippen molar-refractivity contribution in [1.29, 1.82) is 5.26 Å². The fraction of sp³-hybridized carbons (Fsp3) is 0.462. The zero-order valence-corrected chi connectivity index (χ0v) is 10.7. The molecule has 1 saturated heterocycles. The van der Waals surface area contributed by atoms with E-state index in [1.165, 1.54) is 0 Å². The molecule has 0 spiro atoms. The van der Waals surface area contributed by atoms with E-state index < -0.39 is 5.54 Å². The number of rotatable bonds is 2. The molecule has 1 unspecified atom stereocenters. The smallest absolute Gasteiger partial charge is 0.138 e. The van der Waals surface area contributed by atoms with E-state index in [-0.39, 0.29) is 0 Å². The standard InChI is InChI=1S/C13H16ClN3/c1-17-8-2-7-13(9-15,10-17)16-12-5-3-11(14)4-6-12/h3-6,16H,2,7-8,10H2,1H3. The highest BCUT2D eigenvalue weighted by atomic mass is 35.5. The second kappa shape index (κ2) is 4.95. The fourth-order valence-electron chi connectivity index (χ4n) is 2.30. The van der Waals surface area contributed by atoms with Crippen molar-refractivity contribution < 1.29 is 0 Å². The number of nitrogens with one attached hydrogen (secondary N) is 1. The van der Waals surface area contributed by atoms with Crippen LogP contribution in [0.5, 0.6) is 0 Å². The van der Waals surface area contributed by atoms with Crippen molar-refractivity contribution in [3.05, 3.63) is 29.3 Å². The van der Waals surface area contributed by atoms with Gasteiger partial charge in [0.25, 0.3) is 0 Å². The molecule has 1 N–H and O–H groups in total. The van der Waals surface area contributed by atoms with E-state index in [1.807, 2.05) is 24.3 Å². The van der Waals surface area contributed by atoms with Crippen LogP contribution in [0.15, 0.2) is 24.3 Å². The molecule has 0 aliphatic carbocycles. The monoisotopic (exact) mass is 249 g/mol. The molecule has 0 radical (unpaired) electrons. The summed E-state index contributed by atoms with van der Waals surface area (Å²) in [5, 5.41) is 13.5. The van der Waals surface area contributed by atoms with E-state index in [4.69, 9.17) is 11.6 Å². The minimum absolute atomic E-state index is 0.471. The Morgan fingerprint density at radius 2 is 2.12 bits per heavy atom. The molecule has 1 fully saturated rings. The number of piperidine rings is 1.